The van der Waals surface area contributed by atoms with Crippen LogP contribution in [0, 0.1) is 12.8 Å². The van der Waals surface area contributed by atoms with E-state index in [2.05, 4.69) is 25.3 Å². The largest absolute Gasteiger partial charge is 0.372 e. The number of carbonyl (C=O) groups excluding carboxylic acids is 1. The summed E-state index contributed by atoms with van der Waals surface area (Å²) < 4.78 is 0. The Bertz CT molecular complexity index is 702. The molecule has 7 nitrogen and oxygen atoms in total. The molecule has 0 saturated carbocycles. The van der Waals surface area contributed by atoms with Crippen LogP contribution in [0.1, 0.15) is 34.7 Å². The average molecular weight is 326 g/mol. The first kappa shape index (κ1) is 16.3. The van der Waals surface area contributed by atoms with Crippen LogP contribution in [-0.4, -0.2) is 50.9 Å². The van der Waals surface area contributed by atoms with Crippen LogP contribution >= 0.6 is 0 Å². The molecule has 1 amide bonds. The van der Waals surface area contributed by atoms with Gasteiger partial charge in [-0.1, -0.05) is 0 Å². The van der Waals surface area contributed by atoms with Crippen molar-refractivity contribution in [3.63, 3.8) is 0 Å². The van der Waals surface area contributed by atoms with Crippen molar-refractivity contribution in [3.05, 3.63) is 41.9 Å². The number of carbonyl (C=O) groups is 1. The Hall–Kier alpha value is -2.57. The van der Waals surface area contributed by atoms with E-state index in [0.717, 1.165) is 43.0 Å². The zero-order valence-corrected chi connectivity index (χ0v) is 14.1. The normalized spacial score (nSPS) is 17.6. The molecule has 1 N–H and O–H groups in total. The minimum atomic E-state index is -0.0415. The van der Waals surface area contributed by atoms with Crippen LogP contribution in [0.15, 0.2) is 24.8 Å². The van der Waals surface area contributed by atoms with Gasteiger partial charge in [0, 0.05) is 38.7 Å². The van der Waals surface area contributed by atoms with Gasteiger partial charge >= 0.3 is 0 Å². The van der Waals surface area contributed by atoms with Crippen molar-refractivity contribution >= 4 is 11.7 Å². The van der Waals surface area contributed by atoms with Gasteiger partial charge in [-0.15, -0.1) is 0 Å². The summed E-state index contributed by atoms with van der Waals surface area (Å²) in [5, 5.41) is 3.08. The Balaban J connectivity index is 1.68. The van der Waals surface area contributed by atoms with E-state index < -0.39 is 0 Å². The van der Waals surface area contributed by atoms with E-state index in [-0.39, 0.29) is 5.91 Å². The summed E-state index contributed by atoms with van der Waals surface area (Å²) >= 11 is 0. The summed E-state index contributed by atoms with van der Waals surface area (Å²) in [6.45, 7) is 3.34. The van der Waals surface area contributed by atoms with Gasteiger partial charge in [0.1, 0.15) is 11.5 Å². The topological polar surface area (TPSA) is 83.9 Å². The van der Waals surface area contributed by atoms with Crippen molar-refractivity contribution in [2.75, 3.05) is 25.5 Å². The summed E-state index contributed by atoms with van der Waals surface area (Å²) in [7, 11) is 1.85. The molecule has 1 aliphatic heterocycles. The highest BCUT2D eigenvalue weighted by molar-refractivity contribution is 5.92. The number of nitrogens with one attached hydrogen (secondary N) is 1. The molecule has 3 rings (SSSR count). The Labute approximate surface area is 141 Å². The van der Waals surface area contributed by atoms with Crippen molar-refractivity contribution in [1.29, 1.82) is 0 Å². The maximum Gasteiger partial charge on any atom is 0.274 e. The highest BCUT2D eigenvalue weighted by Crippen LogP contribution is 2.23. The molecule has 1 aliphatic rings. The summed E-state index contributed by atoms with van der Waals surface area (Å²) in [6, 6.07) is 0. The van der Waals surface area contributed by atoms with Gasteiger partial charge in [0.05, 0.1) is 17.6 Å². The molecule has 1 atom stereocenters. The fourth-order valence-electron chi connectivity index (χ4n) is 3.08. The summed E-state index contributed by atoms with van der Waals surface area (Å²) in [4.78, 5) is 31.6. The van der Waals surface area contributed by atoms with Gasteiger partial charge in [0.25, 0.3) is 5.91 Å². The van der Waals surface area contributed by atoms with Crippen LogP contribution in [0.3, 0.4) is 0 Å². The highest BCUT2D eigenvalue weighted by atomic mass is 16.2. The van der Waals surface area contributed by atoms with Crippen molar-refractivity contribution < 1.29 is 4.79 Å². The smallest absolute Gasteiger partial charge is 0.274 e. The predicted octanol–water partition coefficient (Wildman–Crippen LogP) is 1.71. The third-order valence-corrected chi connectivity index (χ3v) is 4.30. The van der Waals surface area contributed by atoms with E-state index >= 15 is 0 Å². The number of amides is 1. The van der Waals surface area contributed by atoms with E-state index in [9.17, 15) is 4.79 Å². The van der Waals surface area contributed by atoms with Crippen molar-refractivity contribution in [2.45, 2.75) is 26.2 Å². The van der Waals surface area contributed by atoms with Gasteiger partial charge in [-0.3, -0.25) is 14.8 Å². The van der Waals surface area contributed by atoms with Crippen LogP contribution in [0.5, 0.6) is 0 Å². The number of anilines is 1. The molecule has 24 heavy (non-hydrogen) atoms. The molecule has 7 heteroatoms. The molecule has 0 spiro atoms. The van der Waals surface area contributed by atoms with Gasteiger partial charge in [-0.25, -0.2) is 9.97 Å². The maximum atomic E-state index is 12.6. The van der Waals surface area contributed by atoms with E-state index in [1.165, 1.54) is 0 Å². The second-order valence-corrected chi connectivity index (χ2v) is 6.11. The van der Waals surface area contributed by atoms with Crippen LogP contribution in [0.25, 0.3) is 0 Å². The fraction of sp³-hybridized carbons (Fsp3) is 0.471. The minimum Gasteiger partial charge on any atom is -0.372 e. The van der Waals surface area contributed by atoms with Crippen molar-refractivity contribution in [2.24, 2.45) is 5.92 Å². The van der Waals surface area contributed by atoms with Crippen LogP contribution in [-0.2, 0) is 6.42 Å². The predicted molar refractivity (Wildman–Crippen MR) is 90.7 cm³/mol. The molecule has 0 radical (unpaired) electrons. The molecule has 3 heterocycles. The zero-order chi connectivity index (χ0) is 16.9. The minimum absolute atomic E-state index is 0.0415. The van der Waals surface area contributed by atoms with E-state index in [1.807, 2.05) is 18.9 Å². The third-order valence-electron chi connectivity index (χ3n) is 4.30. The first-order valence-corrected chi connectivity index (χ1v) is 8.23. The Kier molecular flexibility index (Phi) is 4.98. The van der Waals surface area contributed by atoms with Gasteiger partial charge in [0.2, 0.25) is 0 Å². The lowest BCUT2D eigenvalue weighted by molar-refractivity contribution is 0.0666. The Morgan fingerprint density at radius 3 is 2.83 bits per heavy atom. The molecular weight excluding hydrogens is 304 g/mol. The van der Waals surface area contributed by atoms with Crippen LogP contribution in [0.2, 0.25) is 0 Å². The Morgan fingerprint density at radius 2 is 2.08 bits per heavy atom. The molecule has 2 aromatic rings. The number of piperidine rings is 1. The van der Waals surface area contributed by atoms with Gasteiger partial charge in [-0.2, -0.15) is 0 Å². The van der Waals surface area contributed by atoms with Crippen LogP contribution < -0.4 is 5.32 Å². The number of hydrogen-bond donors (Lipinski definition) is 1. The van der Waals surface area contributed by atoms with Crippen molar-refractivity contribution in [3.8, 4) is 0 Å². The molecule has 1 saturated heterocycles. The number of aromatic nitrogens is 4. The fourth-order valence-corrected chi connectivity index (χ4v) is 3.08. The highest BCUT2D eigenvalue weighted by Gasteiger charge is 2.26. The van der Waals surface area contributed by atoms with E-state index in [0.29, 0.717) is 18.2 Å². The zero-order valence-electron chi connectivity index (χ0n) is 14.1. The number of hydrogen-bond acceptors (Lipinski definition) is 6. The van der Waals surface area contributed by atoms with Gasteiger partial charge in [-0.05, 0) is 32.1 Å². The van der Waals surface area contributed by atoms with E-state index in [1.54, 1.807) is 24.8 Å². The quantitative estimate of drug-likeness (QED) is 0.921. The summed E-state index contributed by atoms with van der Waals surface area (Å²) in [5.41, 5.74) is 2.18. The second-order valence-electron chi connectivity index (χ2n) is 6.11. The third kappa shape index (κ3) is 3.67. The van der Waals surface area contributed by atoms with E-state index in [4.69, 9.17) is 0 Å². The van der Waals surface area contributed by atoms with Gasteiger partial charge in [0.15, 0.2) is 0 Å². The van der Waals surface area contributed by atoms with Crippen molar-refractivity contribution in [1.82, 2.24) is 24.8 Å². The molecule has 0 aliphatic carbocycles. The lowest BCUT2D eigenvalue weighted by Crippen LogP contribution is -2.41. The average Bonchev–Trinajstić information content (AvgIpc) is 2.62. The number of aryl methyl sites for hydroxylation is 1. The summed E-state index contributed by atoms with van der Waals surface area (Å²) in [5.74, 6) is 1.15. The standard InChI is InChI=1S/C17H22N6O/c1-12-9-22-15(10-21-12)17(24)23-7-3-4-13(11-23)8-14-16(18-2)20-6-5-19-14/h5-6,9-10,13H,3-4,7-8,11H2,1-2H3,(H,18,20)/t13-/m1/s1. The first-order valence-electron chi connectivity index (χ1n) is 8.23. The maximum absolute atomic E-state index is 12.6. The van der Waals surface area contributed by atoms with Gasteiger partial charge < -0.3 is 10.2 Å². The number of likely N-dealkylation sites (tertiary alicyclic amines) is 1. The first-order chi connectivity index (χ1) is 11.7. The van der Waals surface area contributed by atoms with Crippen LogP contribution in [0.4, 0.5) is 5.82 Å². The molecular formula is C17H22N6O. The lowest BCUT2D eigenvalue weighted by Gasteiger charge is -2.32. The number of nitrogens with zero attached hydrogens (tertiary/aromatic N) is 5. The summed E-state index contributed by atoms with van der Waals surface area (Å²) in [6.07, 6.45) is 9.48. The molecule has 0 bridgehead atoms. The SMILES string of the molecule is CNc1nccnc1C[C@H]1CCCN(C(=O)c2cnc(C)cn2)C1. The molecule has 0 unspecified atom stereocenters. The molecule has 2 aromatic heterocycles. The second kappa shape index (κ2) is 7.33. The molecule has 1 fully saturated rings. The number of rotatable bonds is 4. The lowest BCUT2D eigenvalue weighted by atomic mass is 9.93. The monoisotopic (exact) mass is 326 g/mol. The molecule has 126 valence electrons. The molecule has 0 aromatic carbocycles. The Morgan fingerprint density at radius 1 is 1.25 bits per heavy atom.